The van der Waals surface area contributed by atoms with Gasteiger partial charge in [-0.2, -0.15) is 10.2 Å². The van der Waals surface area contributed by atoms with Gasteiger partial charge in [-0.15, -0.1) is 0 Å². The zero-order valence-corrected chi connectivity index (χ0v) is 9.88. The van der Waals surface area contributed by atoms with Crippen LogP contribution in [0.15, 0.2) is 28.8 Å². The maximum atomic E-state index is 10.7. The van der Waals surface area contributed by atoms with Gasteiger partial charge in [0.1, 0.15) is 5.76 Å². The van der Waals surface area contributed by atoms with Crippen LogP contribution in [0.3, 0.4) is 0 Å². The number of aromatic nitrogens is 2. The highest BCUT2D eigenvalue weighted by Crippen LogP contribution is 2.14. The summed E-state index contributed by atoms with van der Waals surface area (Å²) in [5, 5.41) is 19.7. The van der Waals surface area contributed by atoms with Gasteiger partial charge in [-0.05, 0) is 25.1 Å². The summed E-state index contributed by atoms with van der Waals surface area (Å²) in [5.41, 5.74) is 1.66. The van der Waals surface area contributed by atoms with E-state index in [0.29, 0.717) is 18.8 Å². The monoisotopic (exact) mass is 247 g/mol. The lowest BCUT2D eigenvalue weighted by Gasteiger charge is -2.02. The zero-order chi connectivity index (χ0) is 13.0. The van der Waals surface area contributed by atoms with E-state index in [2.05, 4.69) is 15.5 Å². The third kappa shape index (κ3) is 2.92. The fraction of sp³-hybridized carbons (Fsp3) is 0.250. The first-order valence-electron chi connectivity index (χ1n) is 5.46. The lowest BCUT2D eigenvalue weighted by atomic mass is 10.2. The lowest BCUT2D eigenvalue weighted by molar-refractivity contribution is 0.0661. The SMILES string of the molecule is Cc1oc(C(=O)O)cc1CNCc1cccnn1. The minimum Gasteiger partial charge on any atom is -0.475 e. The van der Waals surface area contributed by atoms with Crippen LogP contribution < -0.4 is 5.32 Å². The van der Waals surface area contributed by atoms with E-state index in [-0.39, 0.29) is 5.76 Å². The number of hydrogen-bond acceptors (Lipinski definition) is 5. The van der Waals surface area contributed by atoms with E-state index in [9.17, 15) is 4.79 Å². The van der Waals surface area contributed by atoms with Crippen molar-refractivity contribution in [3.63, 3.8) is 0 Å². The third-order valence-corrected chi connectivity index (χ3v) is 2.48. The van der Waals surface area contributed by atoms with Gasteiger partial charge < -0.3 is 14.8 Å². The summed E-state index contributed by atoms with van der Waals surface area (Å²) < 4.78 is 5.11. The van der Waals surface area contributed by atoms with E-state index in [4.69, 9.17) is 9.52 Å². The third-order valence-electron chi connectivity index (χ3n) is 2.48. The molecule has 6 heteroatoms. The van der Waals surface area contributed by atoms with Crippen molar-refractivity contribution in [3.8, 4) is 0 Å². The van der Waals surface area contributed by atoms with Gasteiger partial charge in [-0.25, -0.2) is 4.79 Å². The maximum absolute atomic E-state index is 10.7. The summed E-state index contributed by atoms with van der Waals surface area (Å²) in [7, 11) is 0. The Bertz CT molecular complexity index is 537. The number of nitrogens with zero attached hydrogens (tertiary/aromatic N) is 2. The van der Waals surface area contributed by atoms with Crippen LogP contribution in [0.2, 0.25) is 0 Å². The van der Waals surface area contributed by atoms with Gasteiger partial charge in [0.2, 0.25) is 5.76 Å². The van der Waals surface area contributed by atoms with Gasteiger partial charge in [0, 0.05) is 24.8 Å². The Morgan fingerprint density at radius 2 is 2.33 bits per heavy atom. The highest BCUT2D eigenvalue weighted by atomic mass is 16.4. The average Bonchev–Trinajstić information content (AvgIpc) is 2.73. The Balaban J connectivity index is 1.92. The second-order valence-electron chi connectivity index (χ2n) is 3.82. The molecule has 2 aromatic heterocycles. The molecule has 0 radical (unpaired) electrons. The average molecular weight is 247 g/mol. The van der Waals surface area contributed by atoms with Crippen molar-refractivity contribution in [1.29, 1.82) is 0 Å². The molecule has 0 fully saturated rings. The van der Waals surface area contributed by atoms with Crippen LogP contribution in [0, 0.1) is 6.92 Å². The summed E-state index contributed by atoms with van der Waals surface area (Å²) in [4.78, 5) is 10.7. The van der Waals surface area contributed by atoms with Crippen molar-refractivity contribution in [2.75, 3.05) is 0 Å². The first-order valence-corrected chi connectivity index (χ1v) is 5.46. The molecule has 2 N–H and O–H groups in total. The zero-order valence-electron chi connectivity index (χ0n) is 9.88. The van der Waals surface area contributed by atoms with Crippen molar-refractivity contribution in [3.05, 3.63) is 47.2 Å². The number of aryl methyl sites for hydroxylation is 1. The highest BCUT2D eigenvalue weighted by molar-refractivity contribution is 5.84. The standard InChI is InChI=1S/C12H13N3O3/c1-8-9(5-11(18-8)12(16)17)6-13-7-10-3-2-4-14-15-10/h2-5,13H,6-7H2,1H3,(H,16,17). The number of carbonyl (C=O) groups is 1. The second-order valence-corrected chi connectivity index (χ2v) is 3.82. The summed E-state index contributed by atoms with van der Waals surface area (Å²) >= 11 is 0. The van der Waals surface area contributed by atoms with E-state index in [1.54, 1.807) is 13.1 Å². The molecule has 0 aromatic carbocycles. The van der Waals surface area contributed by atoms with Gasteiger partial charge in [-0.1, -0.05) is 0 Å². The number of aromatic carboxylic acids is 1. The van der Waals surface area contributed by atoms with Crippen molar-refractivity contribution in [2.45, 2.75) is 20.0 Å². The molecule has 2 heterocycles. The molecule has 0 unspecified atom stereocenters. The summed E-state index contributed by atoms with van der Waals surface area (Å²) in [5.74, 6) is -0.485. The van der Waals surface area contributed by atoms with E-state index in [1.807, 2.05) is 12.1 Å². The van der Waals surface area contributed by atoms with Crippen LogP contribution in [0.5, 0.6) is 0 Å². The molecule has 0 spiro atoms. The summed E-state index contributed by atoms with van der Waals surface area (Å²) in [6.45, 7) is 2.84. The van der Waals surface area contributed by atoms with Gasteiger partial charge in [-0.3, -0.25) is 0 Å². The lowest BCUT2D eigenvalue weighted by Crippen LogP contribution is -2.14. The molecule has 94 valence electrons. The Morgan fingerprint density at radius 1 is 1.50 bits per heavy atom. The van der Waals surface area contributed by atoms with Crippen LogP contribution >= 0.6 is 0 Å². The molecule has 0 saturated carbocycles. The predicted octanol–water partition coefficient (Wildman–Crippen LogP) is 1.37. The molecule has 0 aliphatic heterocycles. The summed E-state index contributed by atoms with van der Waals surface area (Å²) in [6, 6.07) is 5.21. The molecular weight excluding hydrogens is 234 g/mol. The van der Waals surface area contributed by atoms with Crippen LogP contribution in [0.1, 0.15) is 27.6 Å². The smallest absolute Gasteiger partial charge is 0.371 e. The van der Waals surface area contributed by atoms with Crippen molar-refractivity contribution in [2.24, 2.45) is 0 Å². The molecule has 0 saturated heterocycles. The fourth-order valence-electron chi connectivity index (χ4n) is 1.55. The quantitative estimate of drug-likeness (QED) is 0.829. The number of carboxylic acid groups (broad SMARTS) is 1. The van der Waals surface area contributed by atoms with Gasteiger partial charge in [0.25, 0.3) is 0 Å². The van der Waals surface area contributed by atoms with Crippen molar-refractivity contribution >= 4 is 5.97 Å². The largest absolute Gasteiger partial charge is 0.475 e. The Hall–Kier alpha value is -2.21. The van der Waals surface area contributed by atoms with E-state index in [0.717, 1.165) is 11.3 Å². The fourth-order valence-corrected chi connectivity index (χ4v) is 1.55. The van der Waals surface area contributed by atoms with E-state index < -0.39 is 5.97 Å². The number of rotatable bonds is 5. The first-order chi connectivity index (χ1) is 8.66. The van der Waals surface area contributed by atoms with Gasteiger partial charge in [0.05, 0.1) is 5.69 Å². The molecule has 0 aliphatic carbocycles. The molecule has 6 nitrogen and oxygen atoms in total. The van der Waals surface area contributed by atoms with Gasteiger partial charge >= 0.3 is 5.97 Å². The Labute approximate surface area is 104 Å². The molecule has 0 amide bonds. The Kier molecular flexibility index (Phi) is 3.69. The molecule has 18 heavy (non-hydrogen) atoms. The number of furan rings is 1. The highest BCUT2D eigenvalue weighted by Gasteiger charge is 2.12. The molecule has 2 aromatic rings. The topological polar surface area (TPSA) is 88.2 Å². The van der Waals surface area contributed by atoms with Crippen LogP contribution in [0.25, 0.3) is 0 Å². The number of nitrogens with one attached hydrogen (secondary N) is 1. The Morgan fingerprint density at radius 3 is 2.94 bits per heavy atom. The molecule has 0 bridgehead atoms. The minimum absolute atomic E-state index is 0.0381. The van der Waals surface area contributed by atoms with E-state index in [1.165, 1.54) is 6.07 Å². The molecular formula is C12H13N3O3. The second kappa shape index (κ2) is 5.42. The normalized spacial score (nSPS) is 10.5. The predicted molar refractivity (Wildman–Crippen MR) is 63.0 cm³/mol. The van der Waals surface area contributed by atoms with Crippen LogP contribution in [-0.2, 0) is 13.1 Å². The summed E-state index contributed by atoms with van der Waals surface area (Å²) in [6.07, 6.45) is 1.61. The molecule has 0 atom stereocenters. The number of carboxylic acids is 1. The minimum atomic E-state index is -1.06. The molecule has 2 rings (SSSR count). The van der Waals surface area contributed by atoms with Crippen molar-refractivity contribution < 1.29 is 14.3 Å². The maximum Gasteiger partial charge on any atom is 0.371 e. The van der Waals surface area contributed by atoms with Gasteiger partial charge in [0.15, 0.2) is 0 Å². The van der Waals surface area contributed by atoms with Crippen LogP contribution in [0.4, 0.5) is 0 Å². The van der Waals surface area contributed by atoms with E-state index >= 15 is 0 Å². The first kappa shape index (κ1) is 12.3. The van der Waals surface area contributed by atoms with Crippen LogP contribution in [-0.4, -0.2) is 21.3 Å². The number of hydrogen-bond donors (Lipinski definition) is 2. The van der Waals surface area contributed by atoms with Crippen molar-refractivity contribution in [1.82, 2.24) is 15.5 Å². The molecule has 0 aliphatic rings.